The van der Waals surface area contributed by atoms with Crippen LogP contribution in [0, 0.1) is 0 Å². The molecule has 0 amide bonds. The number of aromatic nitrogens is 2. The predicted octanol–water partition coefficient (Wildman–Crippen LogP) is 1.40. The van der Waals surface area contributed by atoms with Crippen LogP contribution in [0.25, 0.3) is 0 Å². The SMILES string of the molecule is NC(CCc1nc(C(=O)O)no1)c1ccccc1. The second kappa shape index (κ2) is 5.42. The molecule has 6 heteroatoms. The van der Waals surface area contributed by atoms with Crippen molar-refractivity contribution in [3.63, 3.8) is 0 Å². The molecule has 1 unspecified atom stereocenters. The summed E-state index contributed by atoms with van der Waals surface area (Å²) in [6, 6.07) is 9.52. The van der Waals surface area contributed by atoms with Crippen molar-refractivity contribution in [2.75, 3.05) is 0 Å². The highest BCUT2D eigenvalue weighted by Crippen LogP contribution is 2.15. The first-order valence-electron chi connectivity index (χ1n) is 5.53. The van der Waals surface area contributed by atoms with E-state index in [1.165, 1.54) is 0 Å². The summed E-state index contributed by atoms with van der Waals surface area (Å²) in [7, 11) is 0. The van der Waals surface area contributed by atoms with Crippen LogP contribution in [0.4, 0.5) is 0 Å². The van der Waals surface area contributed by atoms with Crippen LogP contribution >= 0.6 is 0 Å². The number of hydrogen-bond acceptors (Lipinski definition) is 5. The van der Waals surface area contributed by atoms with Gasteiger partial charge in [-0.1, -0.05) is 30.3 Å². The molecule has 18 heavy (non-hydrogen) atoms. The van der Waals surface area contributed by atoms with Crippen LogP contribution in [0.1, 0.15) is 34.5 Å². The van der Waals surface area contributed by atoms with E-state index < -0.39 is 5.97 Å². The van der Waals surface area contributed by atoms with Crippen molar-refractivity contribution in [1.82, 2.24) is 10.1 Å². The molecule has 0 bridgehead atoms. The topological polar surface area (TPSA) is 102 Å². The van der Waals surface area contributed by atoms with Gasteiger partial charge in [0.2, 0.25) is 5.89 Å². The molecule has 0 saturated carbocycles. The molecule has 94 valence electrons. The van der Waals surface area contributed by atoms with Gasteiger partial charge in [0.05, 0.1) is 0 Å². The molecule has 1 heterocycles. The van der Waals surface area contributed by atoms with E-state index in [0.29, 0.717) is 18.7 Å². The van der Waals surface area contributed by atoms with E-state index in [-0.39, 0.29) is 11.9 Å². The van der Waals surface area contributed by atoms with Crippen LogP contribution in [-0.4, -0.2) is 21.2 Å². The Morgan fingerprint density at radius 1 is 1.39 bits per heavy atom. The first-order valence-corrected chi connectivity index (χ1v) is 5.53. The van der Waals surface area contributed by atoms with E-state index >= 15 is 0 Å². The number of carbonyl (C=O) groups is 1. The van der Waals surface area contributed by atoms with Gasteiger partial charge >= 0.3 is 5.97 Å². The molecular formula is C12H13N3O3. The lowest BCUT2D eigenvalue weighted by atomic mass is 10.0. The second-order valence-electron chi connectivity index (χ2n) is 3.87. The largest absolute Gasteiger partial charge is 0.475 e. The Bertz CT molecular complexity index is 524. The summed E-state index contributed by atoms with van der Waals surface area (Å²) in [6.07, 6.45) is 1.07. The minimum Gasteiger partial charge on any atom is -0.475 e. The smallest absolute Gasteiger partial charge is 0.377 e. The standard InChI is InChI=1S/C12H13N3O3/c13-9(8-4-2-1-3-5-8)6-7-10-14-11(12(16)17)15-18-10/h1-5,9H,6-7,13H2,(H,16,17). The fourth-order valence-corrected chi connectivity index (χ4v) is 1.59. The van der Waals surface area contributed by atoms with Crippen molar-refractivity contribution >= 4 is 5.97 Å². The van der Waals surface area contributed by atoms with Gasteiger partial charge in [-0.15, -0.1) is 0 Å². The van der Waals surface area contributed by atoms with Crippen LogP contribution in [-0.2, 0) is 6.42 Å². The number of nitrogens with zero attached hydrogens (tertiary/aromatic N) is 2. The number of rotatable bonds is 5. The first-order chi connectivity index (χ1) is 8.66. The molecule has 0 fully saturated rings. The number of carboxylic acid groups (broad SMARTS) is 1. The van der Waals surface area contributed by atoms with E-state index in [4.69, 9.17) is 15.4 Å². The fourth-order valence-electron chi connectivity index (χ4n) is 1.59. The van der Waals surface area contributed by atoms with Crippen LogP contribution in [0.5, 0.6) is 0 Å². The van der Waals surface area contributed by atoms with Gasteiger partial charge in [0.25, 0.3) is 5.82 Å². The molecule has 0 saturated heterocycles. The highest BCUT2D eigenvalue weighted by atomic mass is 16.5. The van der Waals surface area contributed by atoms with Crippen LogP contribution < -0.4 is 5.73 Å². The summed E-state index contributed by atoms with van der Waals surface area (Å²) < 4.78 is 4.81. The van der Waals surface area contributed by atoms with E-state index in [1.54, 1.807) is 0 Å². The highest BCUT2D eigenvalue weighted by molar-refractivity contribution is 5.82. The maximum absolute atomic E-state index is 10.6. The summed E-state index contributed by atoms with van der Waals surface area (Å²) in [5.41, 5.74) is 7.03. The molecule has 1 atom stereocenters. The Hall–Kier alpha value is -2.21. The Kier molecular flexibility index (Phi) is 3.69. The highest BCUT2D eigenvalue weighted by Gasteiger charge is 2.14. The average molecular weight is 247 g/mol. The number of aromatic carboxylic acids is 1. The lowest BCUT2D eigenvalue weighted by molar-refractivity contribution is 0.0680. The summed E-state index contributed by atoms with van der Waals surface area (Å²) in [5, 5.41) is 12.0. The second-order valence-corrected chi connectivity index (χ2v) is 3.87. The molecule has 0 aliphatic carbocycles. The Morgan fingerprint density at radius 2 is 2.11 bits per heavy atom. The third-order valence-electron chi connectivity index (χ3n) is 2.56. The van der Waals surface area contributed by atoms with Gasteiger partial charge in [0.1, 0.15) is 0 Å². The van der Waals surface area contributed by atoms with Gasteiger partial charge in [-0.3, -0.25) is 0 Å². The third kappa shape index (κ3) is 2.92. The van der Waals surface area contributed by atoms with Crippen molar-refractivity contribution in [3.8, 4) is 0 Å². The van der Waals surface area contributed by atoms with Gasteiger partial charge in [-0.05, 0) is 17.1 Å². The van der Waals surface area contributed by atoms with E-state index in [1.807, 2.05) is 30.3 Å². The Labute approximate surface area is 103 Å². The molecule has 6 nitrogen and oxygen atoms in total. The molecule has 3 N–H and O–H groups in total. The summed E-state index contributed by atoms with van der Waals surface area (Å²) >= 11 is 0. The quantitative estimate of drug-likeness (QED) is 0.827. The number of aryl methyl sites for hydroxylation is 1. The van der Waals surface area contributed by atoms with Gasteiger partial charge in [0.15, 0.2) is 0 Å². The van der Waals surface area contributed by atoms with Gasteiger partial charge in [0, 0.05) is 12.5 Å². The van der Waals surface area contributed by atoms with Gasteiger partial charge in [-0.25, -0.2) is 4.79 Å². The van der Waals surface area contributed by atoms with Crippen molar-refractivity contribution in [2.45, 2.75) is 18.9 Å². The van der Waals surface area contributed by atoms with Crippen LogP contribution in [0.2, 0.25) is 0 Å². The molecule has 2 rings (SSSR count). The van der Waals surface area contributed by atoms with Crippen molar-refractivity contribution < 1.29 is 14.4 Å². The number of nitrogens with two attached hydrogens (primary N) is 1. The molecular weight excluding hydrogens is 234 g/mol. The van der Waals surface area contributed by atoms with Crippen LogP contribution in [0.15, 0.2) is 34.9 Å². The predicted molar refractivity (Wildman–Crippen MR) is 62.9 cm³/mol. The van der Waals surface area contributed by atoms with E-state index in [9.17, 15) is 4.79 Å². The maximum Gasteiger partial charge on any atom is 0.377 e. The van der Waals surface area contributed by atoms with Crippen molar-refractivity contribution in [1.29, 1.82) is 0 Å². The Morgan fingerprint density at radius 3 is 2.72 bits per heavy atom. The average Bonchev–Trinajstić information content (AvgIpc) is 2.86. The van der Waals surface area contributed by atoms with Gasteiger partial charge in [-0.2, -0.15) is 4.98 Å². The fraction of sp³-hybridized carbons (Fsp3) is 0.250. The molecule has 0 radical (unpaired) electrons. The maximum atomic E-state index is 10.6. The molecule has 1 aromatic carbocycles. The van der Waals surface area contributed by atoms with E-state index in [0.717, 1.165) is 5.56 Å². The zero-order valence-electron chi connectivity index (χ0n) is 9.61. The normalized spacial score (nSPS) is 12.3. The zero-order valence-corrected chi connectivity index (χ0v) is 9.61. The molecule has 0 aliphatic rings. The van der Waals surface area contributed by atoms with Crippen molar-refractivity contribution in [2.24, 2.45) is 5.73 Å². The van der Waals surface area contributed by atoms with E-state index in [2.05, 4.69) is 10.1 Å². The summed E-state index contributed by atoms with van der Waals surface area (Å²) in [5.74, 6) is -1.23. The third-order valence-corrected chi connectivity index (χ3v) is 2.56. The minimum atomic E-state index is -1.20. The summed E-state index contributed by atoms with van der Waals surface area (Å²) in [6.45, 7) is 0. The molecule has 2 aromatic rings. The number of carboxylic acids is 1. The molecule has 0 aliphatic heterocycles. The zero-order chi connectivity index (χ0) is 13.0. The minimum absolute atomic E-state index is 0.133. The van der Waals surface area contributed by atoms with Crippen LogP contribution in [0.3, 0.4) is 0 Å². The Balaban J connectivity index is 1.93. The monoisotopic (exact) mass is 247 g/mol. The lowest BCUT2D eigenvalue weighted by Gasteiger charge is -2.09. The summed E-state index contributed by atoms with van der Waals surface area (Å²) in [4.78, 5) is 14.3. The first kappa shape index (κ1) is 12.3. The molecule has 1 aromatic heterocycles. The molecule has 0 spiro atoms. The number of hydrogen-bond donors (Lipinski definition) is 2. The van der Waals surface area contributed by atoms with Crippen molar-refractivity contribution in [3.05, 3.63) is 47.6 Å². The number of benzene rings is 1. The lowest BCUT2D eigenvalue weighted by Crippen LogP contribution is -2.11. The van der Waals surface area contributed by atoms with Gasteiger partial charge < -0.3 is 15.4 Å².